The number of ketones is 1. The molecule has 1 aromatic rings. The Hall–Kier alpha value is -1.35. The number of Topliss-reactive ketones (excluding diaryl/α,β-unsaturated/α-hetero) is 1. The van der Waals surface area contributed by atoms with E-state index in [0.29, 0.717) is 23.8 Å². The van der Waals surface area contributed by atoms with Crippen LogP contribution in [0.15, 0.2) is 24.3 Å². The summed E-state index contributed by atoms with van der Waals surface area (Å²) in [6, 6.07) is 7.39. The van der Waals surface area contributed by atoms with Gasteiger partial charge in [0, 0.05) is 6.54 Å². The van der Waals surface area contributed by atoms with Gasteiger partial charge in [0.2, 0.25) is 0 Å². The fourth-order valence-corrected chi connectivity index (χ4v) is 1.99. The summed E-state index contributed by atoms with van der Waals surface area (Å²) in [7, 11) is 1.60. The molecule has 18 heavy (non-hydrogen) atoms. The van der Waals surface area contributed by atoms with Crippen molar-refractivity contribution in [2.45, 2.75) is 20.8 Å². The Morgan fingerprint density at radius 3 is 2.56 bits per heavy atom. The third-order valence-electron chi connectivity index (χ3n) is 2.85. The van der Waals surface area contributed by atoms with E-state index in [9.17, 15) is 4.79 Å². The van der Waals surface area contributed by atoms with Gasteiger partial charge in [-0.25, -0.2) is 0 Å². The van der Waals surface area contributed by atoms with Crippen LogP contribution in [0.3, 0.4) is 0 Å². The van der Waals surface area contributed by atoms with Gasteiger partial charge in [0.1, 0.15) is 5.75 Å². The van der Waals surface area contributed by atoms with Crippen LogP contribution in [0.4, 0.5) is 0 Å². The topological polar surface area (TPSA) is 29.5 Å². The number of carbonyl (C=O) groups excluding carboxylic acids is 1. The summed E-state index contributed by atoms with van der Waals surface area (Å²) in [5.74, 6) is 1.34. The second-order valence-electron chi connectivity index (χ2n) is 4.85. The molecule has 0 bridgehead atoms. The van der Waals surface area contributed by atoms with Crippen LogP contribution in [0.2, 0.25) is 0 Å². The van der Waals surface area contributed by atoms with Crippen molar-refractivity contribution in [3.63, 3.8) is 0 Å². The zero-order valence-corrected chi connectivity index (χ0v) is 11.8. The summed E-state index contributed by atoms with van der Waals surface area (Å²) in [4.78, 5) is 14.4. The monoisotopic (exact) mass is 249 g/mol. The molecule has 0 unspecified atom stereocenters. The quantitative estimate of drug-likeness (QED) is 0.696. The summed E-state index contributed by atoms with van der Waals surface area (Å²) < 4.78 is 5.22. The second-order valence-corrected chi connectivity index (χ2v) is 4.85. The van der Waals surface area contributed by atoms with Crippen LogP contribution in [0.5, 0.6) is 5.75 Å². The van der Waals surface area contributed by atoms with Crippen molar-refractivity contribution >= 4 is 5.78 Å². The molecule has 0 atom stereocenters. The standard InChI is InChI=1S/C15H23NO2/c1-5-16(10-12(2)3)11-14(17)13-8-6-7-9-15(13)18-4/h6-9,12H,5,10-11H2,1-4H3. The summed E-state index contributed by atoms with van der Waals surface area (Å²) in [5.41, 5.74) is 0.669. The normalized spacial score (nSPS) is 11.0. The van der Waals surface area contributed by atoms with Crippen LogP contribution >= 0.6 is 0 Å². The number of hydrogen-bond acceptors (Lipinski definition) is 3. The van der Waals surface area contributed by atoms with Crippen molar-refractivity contribution in [1.29, 1.82) is 0 Å². The predicted octanol–water partition coefficient (Wildman–Crippen LogP) is 2.86. The second kappa shape index (κ2) is 7.17. The van der Waals surface area contributed by atoms with Crippen molar-refractivity contribution in [2.75, 3.05) is 26.7 Å². The highest BCUT2D eigenvalue weighted by Crippen LogP contribution is 2.18. The van der Waals surface area contributed by atoms with Crippen molar-refractivity contribution in [3.05, 3.63) is 29.8 Å². The summed E-state index contributed by atoms with van der Waals surface area (Å²) in [5, 5.41) is 0. The van der Waals surface area contributed by atoms with Crippen LogP contribution in [-0.4, -0.2) is 37.4 Å². The van der Waals surface area contributed by atoms with Gasteiger partial charge in [-0.15, -0.1) is 0 Å². The zero-order chi connectivity index (χ0) is 13.5. The van der Waals surface area contributed by atoms with E-state index in [2.05, 4.69) is 25.7 Å². The van der Waals surface area contributed by atoms with Gasteiger partial charge >= 0.3 is 0 Å². The Labute approximate surface area is 110 Å². The van der Waals surface area contributed by atoms with E-state index in [1.807, 2.05) is 24.3 Å². The van der Waals surface area contributed by atoms with E-state index in [4.69, 9.17) is 4.74 Å². The predicted molar refractivity (Wildman–Crippen MR) is 74.3 cm³/mol. The lowest BCUT2D eigenvalue weighted by molar-refractivity contribution is 0.0923. The summed E-state index contributed by atoms with van der Waals surface area (Å²) in [6.45, 7) is 8.69. The molecule has 1 rings (SSSR count). The largest absolute Gasteiger partial charge is 0.496 e. The average Bonchev–Trinajstić information content (AvgIpc) is 2.37. The van der Waals surface area contributed by atoms with Crippen molar-refractivity contribution in [3.8, 4) is 5.75 Å². The number of para-hydroxylation sites is 1. The Balaban J connectivity index is 2.74. The van der Waals surface area contributed by atoms with E-state index < -0.39 is 0 Å². The lowest BCUT2D eigenvalue weighted by Crippen LogP contribution is -2.33. The molecule has 0 heterocycles. The maximum Gasteiger partial charge on any atom is 0.180 e. The maximum absolute atomic E-state index is 12.3. The molecule has 0 saturated heterocycles. The highest BCUT2D eigenvalue weighted by molar-refractivity contribution is 6.00. The van der Waals surface area contributed by atoms with E-state index >= 15 is 0 Å². The minimum Gasteiger partial charge on any atom is -0.496 e. The Bertz CT molecular complexity index is 388. The molecule has 0 aliphatic heterocycles. The minimum atomic E-state index is 0.120. The highest BCUT2D eigenvalue weighted by atomic mass is 16.5. The lowest BCUT2D eigenvalue weighted by Gasteiger charge is -2.22. The molecule has 0 aliphatic carbocycles. The first-order chi connectivity index (χ1) is 8.58. The first kappa shape index (κ1) is 14.7. The van der Waals surface area contributed by atoms with Gasteiger partial charge in [-0.3, -0.25) is 9.69 Å². The van der Waals surface area contributed by atoms with Gasteiger partial charge in [0.05, 0.1) is 19.2 Å². The number of ether oxygens (including phenoxy) is 1. The van der Waals surface area contributed by atoms with Crippen LogP contribution < -0.4 is 4.74 Å². The number of hydrogen-bond donors (Lipinski definition) is 0. The van der Waals surface area contributed by atoms with Crippen LogP contribution in [0.1, 0.15) is 31.1 Å². The SMILES string of the molecule is CCN(CC(=O)c1ccccc1OC)CC(C)C. The molecule has 0 aromatic heterocycles. The van der Waals surface area contributed by atoms with Crippen molar-refractivity contribution in [2.24, 2.45) is 5.92 Å². The molecule has 0 fully saturated rings. The smallest absolute Gasteiger partial charge is 0.180 e. The fraction of sp³-hybridized carbons (Fsp3) is 0.533. The van der Waals surface area contributed by atoms with Crippen LogP contribution in [0.25, 0.3) is 0 Å². The number of methoxy groups -OCH3 is 1. The molecular weight excluding hydrogens is 226 g/mol. The summed E-state index contributed by atoms with van der Waals surface area (Å²) in [6.07, 6.45) is 0. The molecule has 0 amide bonds. The molecule has 3 heteroatoms. The van der Waals surface area contributed by atoms with Crippen molar-refractivity contribution < 1.29 is 9.53 Å². The molecule has 0 saturated carbocycles. The average molecular weight is 249 g/mol. The molecule has 0 radical (unpaired) electrons. The first-order valence-corrected chi connectivity index (χ1v) is 6.47. The van der Waals surface area contributed by atoms with Crippen LogP contribution in [0, 0.1) is 5.92 Å². The highest BCUT2D eigenvalue weighted by Gasteiger charge is 2.15. The minimum absolute atomic E-state index is 0.120. The molecule has 100 valence electrons. The lowest BCUT2D eigenvalue weighted by atomic mass is 10.1. The number of likely N-dealkylation sites (N-methyl/N-ethyl adjacent to an activating group) is 1. The number of carbonyl (C=O) groups is 1. The van der Waals surface area contributed by atoms with E-state index in [0.717, 1.165) is 13.1 Å². The van der Waals surface area contributed by atoms with E-state index in [1.54, 1.807) is 7.11 Å². The third kappa shape index (κ3) is 4.15. The Kier molecular flexibility index (Phi) is 5.86. The summed E-state index contributed by atoms with van der Waals surface area (Å²) >= 11 is 0. The molecule has 0 spiro atoms. The molecule has 3 nitrogen and oxygen atoms in total. The third-order valence-corrected chi connectivity index (χ3v) is 2.85. The van der Waals surface area contributed by atoms with Gasteiger partial charge in [-0.05, 0) is 24.6 Å². The number of nitrogens with zero attached hydrogens (tertiary/aromatic N) is 1. The maximum atomic E-state index is 12.3. The Morgan fingerprint density at radius 2 is 2.00 bits per heavy atom. The zero-order valence-electron chi connectivity index (χ0n) is 11.8. The number of rotatable bonds is 7. The fourth-order valence-electron chi connectivity index (χ4n) is 1.99. The van der Waals surface area contributed by atoms with Gasteiger partial charge < -0.3 is 4.74 Å². The van der Waals surface area contributed by atoms with Crippen LogP contribution in [-0.2, 0) is 0 Å². The first-order valence-electron chi connectivity index (χ1n) is 6.47. The molecule has 0 aliphatic rings. The van der Waals surface area contributed by atoms with E-state index in [1.165, 1.54) is 0 Å². The molecular formula is C15H23NO2. The molecule has 0 N–H and O–H groups in total. The van der Waals surface area contributed by atoms with Gasteiger partial charge in [-0.2, -0.15) is 0 Å². The molecule has 1 aromatic carbocycles. The van der Waals surface area contributed by atoms with Gasteiger partial charge in [0.15, 0.2) is 5.78 Å². The van der Waals surface area contributed by atoms with Crippen molar-refractivity contribution in [1.82, 2.24) is 4.90 Å². The Morgan fingerprint density at radius 1 is 1.33 bits per heavy atom. The van der Waals surface area contributed by atoms with Gasteiger partial charge in [-0.1, -0.05) is 32.9 Å². The van der Waals surface area contributed by atoms with E-state index in [-0.39, 0.29) is 5.78 Å². The van der Waals surface area contributed by atoms with Gasteiger partial charge in [0.25, 0.3) is 0 Å². The number of benzene rings is 1.